The molecule has 5 aliphatic rings. The van der Waals surface area contributed by atoms with Crippen molar-refractivity contribution in [1.29, 1.82) is 0 Å². The van der Waals surface area contributed by atoms with Crippen LogP contribution in [0.3, 0.4) is 0 Å². The average Bonchev–Trinajstić information content (AvgIpc) is 3.60. The molecule has 0 aromatic heterocycles. The summed E-state index contributed by atoms with van der Waals surface area (Å²) in [6, 6.07) is 35.2. The van der Waals surface area contributed by atoms with E-state index in [-0.39, 0.29) is 60.8 Å². The van der Waals surface area contributed by atoms with Crippen LogP contribution in [0.5, 0.6) is 0 Å². The number of Topliss-reactive ketones (excluding diaryl/α,β-unsaturated/α-hetero) is 1. The third-order valence-electron chi connectivity index (χ3n) is 13.7. The second-order valence-corrected chi connectivity index (χ2v) is 25.8. The minimum Gasteiger partial charge on any atom is -0.454 e. The van der Waals surface area contributed by atoms with Crippen LogP contribution in [0.1, 0.15) is 94.2 Å². The lowest BCUT2D eigenvalue weighted by Crippen LogP contribution is -2.59. The molecule has 5 heterocycles. The number of fused-ring (bicyclic) bond motifs is 3. The van der Waals surface area contributed by atoms with Gasteiger partial charge >= 0.3 is 5.97 Å². The van der Waals surface area contributed by atoms with E-state index >= 15 is 0 Å². The first-order valence-electron chi connectivity index (χ1n) is 27.2. The Labute approximate surface area is 500 Å². The molecule has 3 N–H and O–H groups in total. The summed E-state index contributed by atoms with van der Waals surface area (Å²) in [7, 11) is 2.92. The van der Waals surface area contributed by atoms with Crippen molar-refractivity contribution < 1.29 is 57.4 Å². The Kier molecular flexibility index (Phi) is 24.2. The van der Waals surface area contributed by atoms with Gasteiger partial charge in [-0.15, -0.1) is 35.9 Å². The Morgan fingerprint density at radius 3 is 1.66 bits per heavy atom. The number of allylic oxidation sites excluding steroid dienone is 2. The largest absolute Gasteiger partial charge is 0.454 e. The number of carbonyl (C=O) groups excluding carboxylic acids is 4. The summed E-state index contributed by atoms with van der Waals surface area (Å²) in [5.74, 6) is -2.09. The van der Waals surface area contributed by atoms with Crippen LogP contribution in [0.15, 0.2) is 143 Å². The third kappa shape index (κ3) is 18.1. The van der Waals surface area contributed by atoms with Gasteiger partial charge < -0.3 is 53.8 Å². The lowest BCUT2D eigenvalue weighted by molar-refractivity contribution is -0.334. The number of nitrogens with zero attached hydrogens (tertiary/aromatic N) is 2. The molecule has 0 spiro atoms. The minimum absolute atomic E-state index is 0. The molecule has 3 saturated heterocycles. The second-order valence-electron chi connectivity index (χ2n) is 23.6. The van der Waals surface area contributed by atoms with Gasteiger partial charge in [0, 0.05) is 41.9 Å². The van der Waals surface area contributed by atoms with E-state index in [9.17, 15) is 24.3 Å². The van der Waals surface area contributed by atoms with Gasteiger partial charge in [0.05, 0.1) is 36.4 Å². The third-order valence-corrected chi connectivity index (χ3v) is 16.1. The molecule has 10 atom stereocenters. The van der Waals surface area contributed by atoms with Crippen molar-refractivity contribution in [3.63, 3.8) is 0 Å². The number of nitrogens with two attached hydrogens (primary N) is 1. The first kappa shape index (κ1) is 67.9. The normalized spacial score (nSPS) is 26.2. The van der Waals surface area contributed by atoms with E-state index in [1.165, 1.54) is 14.2 Å². The van der Waals surface area contributed by atoms with Gasteiger partial charge in [0.15, 0.2) is 29.6 Å². The van der Waals surface area contributed by atoms with Gasteiger partial charge in [-0.05, 0) is 73.9 Å². The number of ketones is 1. The number of halogens is 1. The summed E-state index contributed by atoms with van der Waals surface area (Å²) in [5, 5.41) is 11.2. The Morgan fingerprint density at radius 1 is 0.683 bits per heavy atom. The standard InChI is InChI=1S/C32H41NO6S.C16H16N2OS.C15H24O5.CH4.ClH/c1-31(2,3)17-16-25-27(35)29(39-32(4,5)38-25)28(37-6)24(34)18-22-20-40-26-15-11-10-14-23(26)33(30(22)36)19-21-12-8-7-9-13-21;17-13-11-20-15-9-5-4-8-14(15)18(16(13)19)10-12-6-2-1-3-7-12;1-14(2,3)8-7-9-10-11(20-15(4,5)19-9)12(17-6)13(16)18-10;;/h7-17,22,25,27-29,35H,18-20H2,1-6H3;1-9,13H,10-11,17H2;7-12H,1-6H3;1H4;1H/b17-16+;;8-7+;;/t22-,25+,27-,28-,29+;13-;9-,10+,11-,12-;;/m001../s1. The molecule has 0 radical (unpaired) electrons. The molecule has 0 bridgehead atoms. The molecule has 0 aliphatic carbocycles. The van der Waals surface area contributed by atoms with E-state index in [0.717, 1.165) is 32.3 Å². The number of hydrogen-bond acceptors (Lipinski definition) is 15. The Morgan fingerprint density at radius 2 is 1.15 bits per heavy atom. The predicted octanol–water partition coefficient (Wildman–Crippen LogP) is 11.2. The highest BCUT2D eigenvalue weighted by Gasteiger charge is 2.56. The van der Waals surface area contributed by atoms with Crippen molar-refractivity contribution in [3.8, 4) is 0 Å². The lowest BCUT2D eigenvalue weighted by atomic mass is 9.90. The zero-order chi connectivity index (χ0) is 58.2. The van der Waals surface area contributed by atoms with Gasteiger partial charge in [-0.3, -0.25) is 14.4 Å². The number of anilines is 2. The smallest absolute Gasteiger partial charge is 0.338 e. The maximum atomic E-state index is 13.9. The van der Waals surface area contributed by atoms with E-state index in [1.54, 1.807) is 47.2 Å². The molecule has 82 heavy (non-hydrogen) atoms. The number of methoxy groups -OCH3 is 2. The quantitative estimate of drug-likeness (QED) is 0.101. The molecule has 2 amide bonds. The number of aliphatic hydroxyl groups excluding tert-OH is 1. The van der Waals surface area contributed by atoms with Crippen LogP contribution in [-0.4, -0.2) is 121 Å². The van der Waals surface area contributed by atoms with Gasteiger partial charge in [-0.2, -0.15) is 0 Å². The molecule has 9 rings (SSSR count). The highest BCUT2D eigenvalue weighted by Crippen LogP contribution is 2.40. The van der Waals surface area contributed by atoms with Gasteiger partial charge in [-0.1, -0.05) is 158 Å². The number of amides is 2. The maximum Gasteiger partial charge on any atom is 0.338 e. The van der Waals surface area contributed by atoms with E-state index in [0.29, 0.717) is 24.6 Å². The molecule has 0 unspecified atom stereocenters. The first-order chi connectivity index (χ1) is 37.8. The number of esters is 1. The van der Waals surface area contributed by atoms with Gasteiger partial charge in [0.25, 0.3) is 0 Å². The Balaban J connectivity index is 0.000000246. The minimum atomic E-state index is -1.13. The molecule has 5 aliphatic heterocycles. The first-order valence-corrected chi connectivity index (χ1v) is 29.2. The van der Waals surface area contributed by atoms with Crippen molar-refractivity contribution in [3.05, 3.63) is 145 Å². The number of thioether (sulfide) groups is 2. The second kappa shape index (κ2) is 29.3. The topological polar surface area (TPSA) is 186 Å². The molecule has 0 saturated carbocycles. The number of para-hydroxylation sites is 2. The molecule has 15 nitrogen and oxygen atoms in total. The zero-order valence-electron chi connectivity index (χ0n) is 48.6. The fourth-order valence-electron chi connectivity index (χ4n) is 9.84. The summed E-state index contributed by atoms with van der Waals surface area (Å²) in [5.41, 5.74) is 9.83. The van der Waals surface area contributed by atoms with Crippen LogP contribution in [0.4, 0.5) is 11.4 Å². The summed E-state index contributed by atoms with van der Waals surface area (Å²) < 4.78 is 40.0. The summed E-state index contributed by atoms with van der Waals surface area (Å²) in [6.45, 7) is 20.6. The van der Waals surface area contributed by atoms with E-state index in [4.69, 9.17) is 38.9 Å². The van der Waals surface area contributed by atoms with Crippen LogP contribution in [0, 0.1) is 16.7 Å². The lowest BCUT2D eigenvalue weighted by Gasteiger charge is -2.45. The Hall–Kier alpha value is -4.89. The van der Waals surface area contributed by atoms with Crippen LogP contribution in [0.2, 0.25) is 0 Å². The predicted molar refractivity (Wildman–Crippen MR) is 327 cm³/mol. The molecular formula is C64H86ClN3O12S2. The van der Waals surface area contributed by atoms with E-state index in [2.05, 4.69) is 47.6 Å². The van der Waals surface area contributed by atoms with Gasteiger partial charge in [-0.25, -0.2) is 4.79 Å². The molecule has 4 aromatic carbocycles. The van der Waals surface area contributed by atoms with Crippen LogP contribution >= 0.6 is 35.9 Å². The monoisotopic (exact) mass is 1190 g/mol. The SMILES string of the molecule is C.CO[C@@H](C(=O)C[C@H]1CSc2ccccc2N(Cc2ccccc2)C1=O)[C@@H]1OC(C)(C)O[C@H](/C=C/C(C)(C)C)[C@@H]1O.CO[C@H]1C(=O)O[C@@H]2[C@H]1OC(C)(C)O[C@@H]2/C=C/C(C)(C)C.Cl.N[C@H]1CSc2ccccc2N(Cc2ccccc2)C1=O. The number of hydrogen-bond donors (Lipinski definition) is 2. The van der Waals surface area contributed by atoms with Crippen LogP contribution in [-0.2, 0) is 65.4 Å². The number of benzene rings is 4. The van der Waals surface area contributed by atoms with Crippen molar-refractivity contribution in [2.45, 2.75) is 172 Å². The number of aliphatic hydroxyl groups is 1. The molecule has 18 heteroatoms. The number of ether oxygens (including phenoxy) is 7. The summed E-state index contributed by atoms with van der Waals surface area (Å²) in [4.78, 5) is 57.7. The zero-order valence-corrected chi connectivity index (χ0v) is 51.1. The van der Waals surface area contributed by atoms with Crippen molar-refractivity contribution in [2.75, 3.05) is 35.5 Å². The molecule has 4 aromatic rings. The van der Waals surface area contributed by atoms with Gasteiger partial charge in [0.2, 0.25) is 11.8 Å². The average molecular weight is 1190 g/mol. The van der Waals surface area contributed by atoms with Crippen molar-refractivity contribution >= 4 is 70.9 Å². The summed E-state index contributed by atoms with van der Waals surface area (Å²) in [6.07, 6.45) is 2.05. The number of carbonyl (C=O) groups is 4. The fourth-order valence-corrected chi connectivity index (χ4v) is 12.0. The fraction of sp³-hybridized carbons (Fsp3) is 0.500. The van der Waals surface area contributed by atoms with E-state index in [1.807, 2.05) is 141 Å². The van der Waals surface area contributed by atoms with E-state index < -0.39 is 72.2 Å². The molecule has 3 fully saturated rings. The molecule has 448 valence electrons. The number of rotatable bonds is 12. The van der Waals surface area contributed by atoms with Crippen molar-refractivity contribution in [1.82, 2.24) is 0 Å². The van der Waals surface area contributed by atoms with Crippen LogP contribution in [0.25, 0.3) is 0 Å². The van der Waals surface area contributed by atoms with Crippen LogP contribution < -0.4 is 15.5 Å². The highest BCUT2D eigenvalue weighted by molar-refractivity contribution is 7.99. The maximum absolute atomic E-state index is 13.9. The summed E-state index contributed by atoms with van der Waals surface area (Å²) >= 11 is 3.23. The van der Waals surface area contributed by atoms with Crippen molar-refractivity contribution in [2.24, 2.45) is 22.5 Å². The Bertz CT molecular complexity index is 2810. The molecular weight excluding hydrogens is 1100 g/mol. The van der Waals surface area contributed by atoms with Gasteiger partial charge in [0.1, 0.15) is 36.6 Å². The highest BCUT2D eigenvalue weighted by atomic mass is 35.5.